The van der Waals surface area contributed by atoms with E-state index in [1.54, 1.807) is 6.20 Å². The fraction of sp³-hybridized carbons (Fsp3) is 0.364. The smallest absolute Gasteiger partial charge is 0.306 e. The molecule has 1 N–H and O–H groups in total. The van der Waals surface area contributed by atoms with E-state index in [2.05, 4.69) is 34.6 Å². The van der Waals surface area contributed by atoms with Crippen molar-refractivity contribution in [1.82, 2.24) is 14.7 Å². The lowest BCUT2D eigenvalue weighted by atomic mass is 9.77. The van der Waals surface area contributed by atoms with Crippen LogP contribution in [0.2, 0.25) is 0 Å². The molecule has 0 spiro atoms. The summed E-state index contributed by atoms with van der Waals surface area (Å²) in [6.07, 6.45) is 9.43. The van der Waals surface area contributed by atoms with Gasteiger partial charge in [0, 0.05) is 24.4 Å². The average Bonchev–Trinajstić information content (AvgIpc) is 3.62. The molecule has 2 aliphatic rings. The number of amides is 1. The molecule has 0 bridgehead atoms. The lowest BCUT2D eigenvalue weighted by Gasteiger charge is -2.28. The number of aromatic nitrogens is 2. The number of ether oxygens (including phenoxy) is 1. The van der Waals surface area contributed by atoms with Crippen molar-refractivity contribution in [2.45, 2.75) is 63.3 Å². The molecule has 0 atom stereocenters. The Balaban J connectivity index is 1.12. The minimum atomic E-state index is -0.897. The van der Waals surface area contributed by atoms with Crippen LogP contribution in [0.25, 0.3) is 16.8 Å². The molecule has 2 aromatic heterocycles. The number of halogens is 2. The van der Waals surface area contributed by atoms with E-state index >= 15 is 0 Å². The zero-order valence-corrected chi connectivity index (χ0v) is 23.0. The predicted octanol–water partition coefficient (Wildman–Crippen LogP) is 6.93. The highest BCUT2D eigenvalue weighted by molar-refractivity contribution is 5.94. The lowest BCUT2D eigenvalue weighted by Crippen LogP contribution is -2.35. The number of rotatable bonds is 8. The minimum Gasteiger partial charge on any atom is -0.466 e. The Bertz CT molecular complexity index is 1590. The second-order valence-electron chi connectivity index (χ2n) is 11.3. The van der Waals surface area contributed by atoms with E-state index in [4.69, 9.17) is 4.74 Å². The van der Waals surface area contributed by atoms with Gasteiger partial charge in [-0.1, -0.05) is 24.3 Å². The van der Waals surface area contributed by atoms with Crippen LogP contribution in [0, 0.1) is 17.6 Å². The van der Waals surface area contributed by atoms with E-state index in [1.807, 2.05) is 29.7 Å². The van der Waals surface area contributed by atoms with E-state index < -0.39 is 23.1 Å². The van der Waals surface area contributed by atoms with Crippen LogP contribution in [-0.2, 0) is 15.1 Å². The number of nitrogens with zero attached hydrogens (tertiary/aromatic N) is 2. The molecule has 2 fully saturated rings. The Labute approximate surface area is 237 Å². The first kappa shape index (κ1) is 27.1. The summed E-state index contributed by atoms with van der Waals surface area (Å²) < 4.78 is 35.1. The van der Waals surface area contributed by atoms with Crippen molar-refractivity contribution in [3.8, 4) is 11.1 Å². The van der Waals surface area contributed by atoms with Gasteiger partial charge >= 0.3 is 5.97 Å². The first-order valence-electron chi connectivity index (χ1n) is 14.4. The van der Waals surface area contributed by atoms with E-state index in [-0.39, 0.29) is 17.2 Å². The fourth-order valence-corrected chi connectivity index (χ4v) is 6.11. The summed E-state index contributed by atoms with van der Waals surface area (Å²) in [4.78, 5) is 29.3. The zero-order valence-electron chi connectivity index (χ0n) is 23.0. The standard InChI is InChI=1S/C33H33F2N3O3/c1-2-41-31(39)17-21-3-5-22(6-4-21)23-7-9-24(10-8-23)25-11-14-30-36-29(20-38(30)19-25)32(40)37-33(15-16-33)27-18-26(34)12-13-28(27)35/h7-14,18-22H,2-6,15-17H2,1H3,(H,37,40)/t21-,22-. The minimum absolute atomic E-state index is 0.0889. The lowest BCUT2D eigenvalue weighted by molar-refractivity contribution is -0.144. The van der Waals surface area contributed by atoms with Gasteiger partial charge in [-0.3, -0.25) is 9.59 Å². The molecule has 8 heteroatoms. The van der Waals surface area contributed by atoms with Crippen molar-refractivity contribution in [3.05, 3.63) is 95.4 Å². The topological polar surface area (TPSA) is 72.7 Å². The number of carbonyl (C=O) groups excluding carboxylic acids is 2. The number of pyridine rings is 1. The van der Waals surface area contributed by atoms with Crippen LogP contribution in [-0.4, -0.2) is 27.9 Å². The van der Waals surface area contributed by atoms with Crippen LogP contribution in [0.1, 0.15) is 79.4 Å². The number of carbonyl (C=O) groups is 2. The summed E-state index contributed by atoms with van der Waals surface area (Å²) in [5, 5.41) is 2.89. The van der Waals surface area contributed by atoms with E-state index in [9.17, 15) is 18.4 Å². The quantitative estimate of drug-likeness (QED) is 0.239. The first-order valence-corrected chi connectivity index (χ1v) is 14.4. The van der Waals surface area contributed by atoms with Crippen molar-refractivity contribution >= 4 is 17.5 Å². The summed E-state index contributed by atoms with van der Waals surface area (Å²) >= 11 is 0. The SMILES string of the molecule is CCOC(=O)C[C@H]1CC[C@H](c2ccc(-c3ccc4nc(C(=O)NC5(c6cc(F)ccc6F)CC5)cn4c3)cc2)CC1. The third-order valence-corrected chi connectivity index (χ3v) is 8.55. The molecular formula is C33H33F2N3O3. The second kappa shape index (κ2) is 11.1. The van der Waals surface area contributed by atoms with Crippen molar-refractivity contribution < 1.29 is 23.1 Å². The van der Waals surface area contributed by atoms with Crippen molar-refractivity contribution in [2.75, 3.05) is 6.61 Å². The van der Waals surface area contributed by atoms with Gasteiger partial charge in [0.25, 0.3) is 5.91 Å². The van der Waals surface area contributed by atoms with Gasteiger partial charge in [-0.15, -0.1) is 0 Å². The molecule has 212 valence electrons. The number of hydrogen-bond acceptors (Lipinski definition) is 4. The summed E-state index contributed by atoms with van der Waals surface area (Å²) in [7, 11) is 0. The third kappa shape index (κ3) is 5.73. The predicted molar refractivity (Wildman–Crippen MR) is 151 cm³/mol. The molecule has 2 saturated carbocycles. The fourth-order valence-electron chi connectivity index (χ4n) is 6.11. The molecule has 0 aliphatic heterocycles. The summed E-state index contributed by atoms with van der Waals surface area (Å²) in [6, 6.07) is 15.8. The normalized spacial score (nSPS) is 19.6. The number of imidazole rings is 1. The number of benzene rings is 2. The highest BCUT2D eigenvalue weighted by Gasteiger charge is 2.48. The molecule has 2 heterocycles. The number of hydrogen-bond donors (Lipinski definition) is 1. The maximum atomic E-state index is 14.4. The summed E-state index contributed by atoms with van der Waals surface area (Å²) in [6.45, 7) is 2.28. The molecule has 6 nitrogen and oxygen atoms in total. The van der Waals surface area contributed by atoms with Crippen LogP contribution in [0.3, 0.4) is 0 Å². The molecule has 2 aromatic carbocycles. The van der Waals surface area contributed by atoms with Crippen LogP contribution >= 0.6 is 0 Å². The van der Waals surface area contributed by atoms with Gasteiger partial charge < -0.3 is 14.5 Å². The van der Waals surface area contributed by atoms with E-state index in [0.717, 1.165) is 55.0 Å². The Morgan fingerprint density at radius 1 is 0.976 bits per heavy atom. The highest BCUT2D eigenvalue weighted by Crippen LogP contribution is 2.47. The molecule has 41 heavy (non-hydrogen) atoms. The average molecular weight is 558 g/mol. The largest absolute Gasteiger partial charge is 0.466 e. The molecule has 6 rings (SSSR count). The monoisotopic (exact) mass is 557 g/mol. The number of nitrogens with one attached hydrogen (secondary N) is 1. The van der Waals surface area contributed by atoms with Gasteiger partial charge in [0.2, 0.25) is 0 Å². The van der Waals surface area contributed by atoms with Gasteiger partial charge in [-0.05, 0) is 104 Å². The van der Waals surface area contributed by atoms with Crippen molar-refractivity contribution in [3.63, 3.8) is 0 Å². The second-order valence-corrected chi connectivity index (χ2v) is 11.3. The maximum absolute atomic E-state index is 14.4. The van der Waals surface area contributed by atoms with Gasteiger partial charge in [0.1, 0.15) is 23.0 Å². The first-order chi connectivity index (χ1) is 19.8. The van der Waals surface area contributed by atoms with Gasteiger partial charge in [-0.2, -0.15) is 0 Å². The van der Waals surface area contributed by atoms with Gasteiger partial charge in [-0.25, -0.2) is 13.8 Å². The van der Waals surface area contributed by atoms with Crippen LogP contribution in [0.4, 0.5) is 8.78 Å². The summed E-state index contributed by atoms with van der Waals surface area (Å²) in [5.41, 5.74) is 3.49. The third-order valence-electron chi connectivity index (χ3n) is 8.55. The van der Waals surface area contributed by atoms with E-state index in [1.165, 1.54) is 5.56 Å². The Hall–Kier alpha value is -4.07. The van der Waals surface area contributed by atoms with Crippen molar-refractivity contribution in [1.29, 1.82) is 0 Å². The van der Waals surface area contributed by atoms with Gasteiger partial charge in [0.05, 0.1) is 12.1 Å². The number of esters is 1. The zero-order chi connectivity index (χ0) is 28.6. The Morgan fingerprint density at radius 2 is 1.71 bits per heavy atom. The van der Waals surface area contributed by atoms with Crippen LogP contribution in [0.5, 0.6) is 0 Å². The number of fused-ring (bicyclic) bond motifs is 1. The highest BCUT2D eigenvalue weighted by atomic mass is 19.1. The molecule has 0 radical (unpaired) electrons. The van der Waals surface area contributed by atoms with Crippen molar-refractivity contribution in [2.24, 2.45) is 5.92 Å². The molecule has 0 unspecified atom stereocenters. The van der Waals surface area contributed by atoms with Crippen LogP contribution < -0.4 is 5.32 Å². The molecule has 0 saturated heterocycles. The van der Waals surface area contributed by atoms with Crippen LogP contribution in [0.15, 0.2) is 67.0 Å². The molecule has 2 aliphatic carbocycles. The van der Waals surface area contributed by atoms with E-state index in [0.29, 0.717) is 43.4 Å². The Kier molecular flexibility index (Phi) is 7.32. The molecular weight excluding hydrogens is 524 g/mol. The summed E-state index contributed by atoms with van der Waals surface area (Å²) in [5.74, 6) is -0.664. The molecule has 1 amide bonds. The van der Waals surface area contributed by atoms with Gasteiger partial charge in [0.15, 0.2) is 0 Å². The molecule has 4 aromatic rings. The Morgan fingerprint density at radius 3 is 2.41 bits per heavy atom. The maximum Gasteiger partial charge on any atom is 0.306 e.